The summed E-state index contributed by atoms with van der Waals surface area (Å²) in [5.74, 6) is 0.921. The van der Waals surface area contributed by atoms with E-state index in [4.69, 9.17) is 12.2 Å². The Balaban J connectivity index is 1.73. The molecule has 1 aromatic carbocycles. The van der Waals surface area contributed by atoms with Gasteiger partial charge >= 0.3 is 0 Å². The number of H-pyrrole nitrogens is 1. The van der Waals surface area contributed by atoms with E-state index in [-0.39, 0.29) is 11.7 Å². The summed E-state index contributed by atoms with van der Waals surface area (Å²) in [6, 6.07) is 10.1. The Kier molecular flexibility index (Phi) is 5.95. The maximum atomic E-state index is 13.4. The van der Waals surface area contributed by atoms with E-state index in [1.807, 2.05) is 6.07 Å². The fourth-order valence-electron chi connectivity index (χ4n) is 1.73. The van der Waals surface area contributed by atoms with E-state index in [2.05, 4.69) is 10.3 Å². The summed E-state index contributed by atoms with van der Waals surface area (Å²) >= 11 is 6.62. The average molecular weight is 322 g/mol. The summed E-state index contributed by atoms with van der Waals surface area (Å²) < 4.78 is 13.8. The molecule has 2 rings (SSSR count). The zero-order chi connectivity index (χ0) is 15.1. The van der Waals surface area contributed by atoms with Gasteiger partial charge in [0.05, 0.1) is 5.56 Å². The summed E-state index contributed by atoms with van der Waals surface area (Å²) in [5, 5.41) is 2.80. The molecule has 3 nitrogen and oxygen atoms in total. The Morgan fingerprint density at radius 3 is 2.86 bits per heavy atom. The zero-order valence-corrected chi connectivity index (χ0v) is 12.9. The second kappa shape index (κ2) is 7.95. The molecule has 1 heterocycles. The molecule has 2 N–H and O–H groups in total. The third-order valence-electron chi connectivity index (χ3n) is 2.81. The van der Waals surface area contributed by atoms with Crippen molar-refractivity contribution in [2.75, 3.05) is 12.3 Å². The molecule has 1 amide bonds. The topological polar surface area (TPSA) is 44.9 Å². The van der Waals surface area contributed by atoms with Gasteiger partial charge in [-0.05, 0) is 23.8 Å². The van der Waals surface area contributed by atoms with Gasteiger partial charge in [0.15, 0.2) is 0 Å². The van der Waals surface area contributed by atoms with Crippen LogP contribution in [0, 0.1) is 10.5 Å². The highest BCUT2D eigenvalue weighted by molar-refractivity contribution is 7.98. The minimum Gasteiger partial charge on any atom is -0.352 e. The Morgan fingerprint density at radius 1 is 1.29 bits per heavy atom. The fraction of sp³-hybridized carbons (Fsp3) is 0.200. The van der Waals surface area contributed by atoms with Crippen molar-refractivity contribution in [2.24, 2.45) is 0 Å². The van der Waals surface area contributed by atoms with E-state index < -0.39 is 0 Å². The Hall–Kier alpha value is -1.66. The van der Waals surface area contributed by atoms with Gasteiger partial charge < -0.3 is 10.3 Å². The maximum Gasteiger partial charge on any atom is 0.254 e. The number of amides is 1. The molecule has 0 aliphatic heterocycles. The highest BCUT2D eigenvalue weighted by Gasteiger charge is 2.06. The van der Waals surface area contributed by atoms with Crippen molar-refractivity contribution in [3.63, 3.8) is 0 Å². The monoisotopic (exact) mass is 322 g/mol. The van der Waals surface area contributed by atoms with Gasteiger partial charge in [0.1, 0.15) is 10.5 Å². The lowest BCUT2D eigenvalue weighted by atomic mass is 10.2. The van der Waals surface area contributed by atoms with Gasteiger partial charge in [-0.1, -0.05) is 30.4 Å². The quantitative estimate of drug-likeness (QED) is 0.631. The number of benzene rings is 1. The van der Waals surface area contributed by atoms with Crippen molar-refractivity contribution in [3.8, 4) is 0 Å². The van der Waals surface area contributed by atoms with Crippen LogP contribution in [0.25, 0.3) is 0 Å². The van der Waals surface area contributed by atoms with Crippen LogP contribution in [0.1, 0.15) is 15.9 Å². The lowest BCUT2D eigenvalue weighted by Crippen LogP contribution is -2.26. The van der Waals surface area contributed by atoms with Crippen LogP contribution in [0.15, 0.2) is 42.6 Å². The van der Waals surface area contributed by atoms with E-state index in [9.17, 15) is 9.18 Å². The van der Waals surface area contributed by atoms with Crippen LogP contribution in [-0.2, 0) is 5.75 Å². The summed E-state index contributed by atoms with van der Waals surface area (Å²) in [6.45, 7) is 0.515. The van der Waals surface area contributed by atoms with Crippen LogP contribution in [0.4, 0.5) is 4.39 Å². The van der Waals surface area contributed by atoms with Gasteiger partial charge in [-0.3, -0.25) is 4.79 Å². The molecule has 0 aliphatic rings. The summed E-state index contributed by atoms with van der Waals surface area (Å²) in [7, 11) is 0. The number of thioether (sulfide) groups is 1. The molecule has 0 aliphatic carbocycles. The van der Waals surface area contributed by atoms with Crippen molar-refractivity contribution < 1.29 is 9.18 Å². The predicted molar refractivity (Wildman–Crippen MR) is 86.5 cm³/mol. The van der Waals surface area contributed by atoms with Crippen LogP contribution in [0.3, 0.4) is 0 Å². The van der Waals surface area contributed by atoms with Gasteiger partial charge in [0.25, 0.3) is 5.91 Å². The lowest BCUT2D eigenvalue weighted by Gasteiger charge is -2.06. The van der Waals surface area contributed by atoms with E-state index in [1.165, 1.54) is 6.07 Å². The summed E-state index contributed by atoms with van der Waals surface area (Å²) in [6.07, 6.45) is 1.68. The number of hydrogen-bond acceptors (Lipinski definition) is 3. The molecular formula is C15H15FN2OS2. The number of aromatic amines is 1. The first-order valence-corrected chi connectivity index (χ1v) is 8.02. The highest BCUT2D eigenvalue weighted by atomic mass is 32.2. The average Bonchev–Trinajstić information content (AvgIpc) is 2.49. The molecule has 110 valence electrons. The lowest BCUT2D eigenvalue weighted by molar-refractivity contribution is 0.0955. The Bertz CT molecular complexity index is 672. The molecule has 0 atom stereocenters. The minimum atomic E-state index is -0.191. The Labute approximate surface area is 132 Å². The zero-order valence-electron chi connectivity index (χ0n) is 11.3. The predicted octanol–water partition coefficient (Wildman–Crippen LogP) is 3.55. The van der Waals surface area contributed by atoms with Crippen molar-refractivity contribution in [2.45, 2.75) is 5.75 Å². The molecule has 21 heavy (non-hydrogen) atoms. The number of carbonyl (C=O) groups is 1. The number of nitrogens with one attached hydrogen (secondary N) is 2. The van der Waals surface area contributed by atoms with Gasteiger partial charge in [-0.15, -0.1) is 0 Å². The summed E-state index contributed by atoms with van der Waals surface area (Å²) in [4.78, 5) is 14.7. The second-order valence-electron chi connectivity index (χ2n) is 4.31. The van der Waals surface area contributed by atoms with Gasteiger partial charge in [-0.2, -0.15) is 11.8 Å². The summed E-state index contributed by atoms with van der Waals surface area (Å²) in [5.41, 5.74) is 1.14. The number of halogens is 1. The first-order valence-electron chi connectivity index (χ1n) is 6.45. The molecular weight excluding hydrogens is 307 g/mol. The maximum absolute atomic E-state index is 13.4. The smallest absolute Gasteiger partial charge is 0.254 e. The number of hydrogen-bond donors (Lipinski definition) is 2. The van der Waals surface area contributed by atoms with Crippen molar-refractivity contribution in [3.05, 3.63) is 64.2 Å². The minimum absolute atomic E-state index is 0.190. The molecule has 0 saturated heterocycles. The molecule has 0 unspecified atom stereocenters. The fourth-order valence-corrected chi connectivity index (χ4v) is 2.80. The molecule has 1 aromatic heterocycles. The number of carbonyl (C=O) groups excluding carboxylic acids is 1. The first-order chi connectivity index (χ1) is 10.2. The molecule has 0 radical (unpaired) electrons. The number of rotatable bonds is 6. The largest absolute Gasteiger partial charge is 0.352 e. The SMILES string of the molecule is O=C(NCCSCc1ccccc1F)c1ccc[nH]c1=S. The van der Waals surface area contributed by atoms with Crippen LogP contribution >= 0.6 is 24.0 Å². The molecule has 0 spiro atoms. The first kappa shape index (κ1) is 15.7. The standard InChI is InChI=1S/C15H15FN2OS2/c16-13-6-2-1-4-11(13)10-21-9-8-17-14(19)12-5-3-7-18-15(12)20/h1-7H,8-10H2,(H,17,19)(H,18,20). The molecule has 6 heteroatoms. The van der Waals surface area contributed by atoms with Crippen LogP contribution in [0.2, 0.25) is 0 Å². The van der Waals surface area contributed by atoms with Gasteiger partial charge in [0.2, 0.25) is 0 Å². The third-order valence-corrected chi connectivity index (χ3v) is 4.16. The van der Waals surface area contributed by atoms with Crippen LogP contribution < -0.4 is 5.32 Å². The van der Waals surface area contributed by atoms with E-state index in [0.717, 1.165) is 0 Å². The number of pyridine rings is 1. The molecule has 0 fully saturated rings. The van der Waals surface area contributed by atoms with Crippen molar-refractivity contribution in [1.29, 1.82) is 0 Å². The van der Waals surface area contributed by atoms with Crippen LogP contribution in [0.5, 0.6) is 0 Å². The van der Waals surface area contributed by atoms with E-state index in [1.54, 1.807) is 42.2 Å². The number of aromatic nitrogens is 1. The van der Waals surface area contributed by atoms with Gasteiger partial charge in [0, 0.05) is 24.2 Å². The van der Waals surface area contributed by atoms with Gasteiger partial charge in [-0.25, -0.2) is 4.39 Å². The normalized spacial score (nSPS) is 10.3. The van der Waals surface area contributed by atoms with Crippen molar-refractivity contribution in [1.82, 2.24) is 10.3 Å². The molecule has 0 bridgehead atoms. The highest BCUT2D eigenvalue weighted by Crippen LogP contribution is 2.14. The third kappa shape index (κ3) is 4.68. The second-order valence-corrected chi connectivity index (χ2v) is 5.83. The Morgan fingerprint density at radius 2 is 2.10 bits per heavy atom. The van der Waals surface area contributed by atoms with E-state index >= 15 is 0 Å². The molecule has 2 aromatic rings. The molecule has 0 saturated carbocycles. The van der Waals surface area contributed by atoms with E-state index in [0.29, 0.717) is 33.8 Å². The van der Waals surface area contributed by atoms with Crippen LogP contribution in [-0.4, -0.2) is 23.2 Å². The van der Waals surface area contributed by atoms with Crippen molar-refractivity contribution >= 4 is 29.9 Å².